The molecule has 9 nitrogen and oxygen atoms in total. The van der Waals surface area contributed by atoms with Crippen molar-refractivity contribution in [3.05, 3.63) is 24.3 Å². The molecular formula is C25H32F3N7O2. The van der Waals surface area contributed by atoms with Gasteiger partial charge in [0, 0.05) is 31.7 Å². The monoisotopic (exact) mass is 519 g/mol. The number of alkyl halides is 3. The SMILES string of the molecule is CCC1(CCCN(C)c2nn3c(-c4cccc(OC(F)(F)F)c4)nnc3c3c2N(C)CCO3)CCCN1. The van der Waals surface area contributed by atoms with Gasteiger partial charge in [0.25, 0.3) is 0 Å². The van der Waals surface area contributed by atoms with Crippen molar-refractivity contribution in [2.24, 2.45) is 0 Å². The van der Waals surface area contributed by atoms with Gasteiger partial charge in [-0.1, -0.05) is 19.1 Å². The normalized spacial score (nSPS) is 19.7. The summed E-state index contributed by atoms with van der Waals surface area (Å²) in [5.74, 6) is 1.24. The molecule has 0 spiro atoms. The first-order chi connectivity index (χ1) is 17.7. The molecule has 5 rings (SSSR count). The first-order valence-corrected chi connectivity index (χ1v) is 12.7. The summed E-state index contributed by atoms with van der Waals surface area (Å²) in [4.78, 5) is 4.20. The van der Waals surface area contributed by atoms with Gasteiger partial charge in [-0.25, -0.2) is 0 Å². The fourth-order valence-corrected chi connectivity index (χ4v) is 5.33. The lowest BCUT2D eigenvalue weighted by Gasteiger charge is -2.33. The standard InChI is InChI=1S/C25H32F3N7O2/c1-4-24(10-6-12-29-24)11-7-13-34(3)22-19-20(36-15-14-33(19)2)23-31-30-21(35(23)32-22)17-8-5-9-18(16-17)37-25(26,27)28/h5,8-9,16,29H,4,6-7,10-15H2,1-3H3. The maximum atomic E-state index is 12.8. The zero-order chi connectivity index (χ0) is 26.2. The molecule has 1 saturated heterocycles. The number of benzene rings is 1. The second-order valence-electron chi connectivity index (χ2n) is 9.80. The molecule has 3 aromatic rings. The van der Waals surface area contributed by atoms with E-state index in [1.165, 1.54) is 31.0 Å². The average Bonchev–Trinajstić information content (AvgIpc) is 3.50. The number of fused-ring (bicyclic) bond motifs is 3. The van der Waals surface area contributed by atoms with Gasteiger partial charge < -0.3 is 24.6 Å². The summed E-state index contributed by atoms with van der Waals surface area (Å²) in [6.07, 6.45) is 0.792. The van der Waals surface area contributed by atoms with Crippen LogP contribution in [0.2, 0.25) is 0 Å². The van der Waals surface area contributed by atoms with E-state index in [4.69, 9.17) is 9.84 Å². The number of halogens is 3. The lowest BCUT2D eigenvalue weighted by Crippen LogP contribution is -2.39. The molecule has 37 heavy (non-hydrogen) atoms. The third kappa shape index (κ3) is 5.11. The van der Waals surface area contributed by atoms with Crippen molar-refractivity contribution in [2.75, 3.05) is 50.1 Å². The Morgan fingerprint density at radius 2 is 2.11 bits per heavy atom. The van der Waals surface area contributed by atoms with E-state index in [1.54, 1.807) is 10.6 Å². The van der Waals surface area contributed by atoms with Crippen LogP contribution in [-0.4, -0.2) is 72.0 Å². The van der Waals surface area contributed by atoms with E-state index in [-0.39, 0.29) is 11.3 Å². The largest absolute Gasteiger partial charge is 0.573 e. The fraction of sp³-hybridized carbons (Fsp3) is 0.560. The molecule has 2 aliphatic rings. The molecule has 0 radical (unpaired) electrons. The Morgan fingerprint density at radius 1 is 1.27 bits per heavy atom. The van der Waals surface area contributed by atoms with Gasteiger partial charge in [-0.2, -0.15) is 4.52 Å². The number of aromatic nitrogens is 4. The van der Waals surface area contributed by atoms with Crippen LogP contribution in [0.1, 0.15) is 39.0 Å². The number of rotatable bonds is 8. The van der Waals surface area contributed by atoms with Crippen LogP contribution < -0.4 is 24.6 Å². The van der Waals surface area contributed by atoms with Gasteiger partial charge in [-0.15, -0.1) is 28.5 Å². The minimum absolute atomic E-state index is 0.211. The molecule has 1 unspecified atom stereocenters. The van der Waals surface area contributed by atoms with Crippen molar-refractivity contribution in [3.63, 3.8) is 0 Å². The Balaban J connectivity index is 1.49. The molecule has 1 atom stereocenters. The van der Waals surface area contributed by atoms with Gasteiger partial charge in [0.05, 0.1) is 6.54 Å². The molecule has 2 aliphatic heterocycles. The highest BCUT2D eigenvalue weighted by molar-refractivity contribution is 5.82. The maximum absolute atomic E-state index is 12.8. The fourth-order valence-electron chi connectivity index (χ4n) is 5.33. The van der Waals surface area contributed by atoms with Gasteiger partial charge in [-0.05, 0) is 50.8 Å². The first kappa shape index (κ1) is 25.4. The number of nitrogens with one attached hydrogen (secondary N) is 1. The number of ether oxygens (including phenoxy) is 2. The quantitative estimate of drug-likeness (QED) is 0.473. The predicted octanol–water partition coefficient (Wildman–Crippen LogP) is 4.27. The van der Waals surface area contributed by atoms with Crippen molar-refractivity contribution >= 4 is 17.2 Å². The summed E-state index contributed by atoms with van der Waals surface area (Å²) in [6, 6.07) is 5.65. The third-order valence-corrected chi connectivity index (χ3v) is 7.37. The molecule has 0 amide bonds. The second-order valence-corrected chi connectivity index (χ2v) is 9.80. The summed E-state index contributed by atoms with van der Waals surface area (Å²) in [5, 5.41) is 17.1. The van der Waals surface area contributed by atoms with Crippen LogP contribution in [0, 0.1) is 0 Å². The number of hydrogen-bond acceptors (Lipinski definition) is 8. The van der Waals surface area contributed by atoms with E-state index in [9.17, 15) is 13.2 Å². The van der Waals surface area contributed by atoms with Gasteiger partial charge in [0.15, 0.2) is 17.4 Å². The molecule has 1 aromatic carbocycles. The van der Waals surface area contributed by atoms with Crippen LogP contribution in [0.3, 0.4) is 0 Å². The zero-order valence-electron chi connectivity index (χ0n) is 21.3. The van der Waals surface area contributed by atoms with Crippen molar-refractivity contribution in [3.8, 4) is 22.9 Å². The molecule has 1 N–H and O–H groups in total. The molecule has 200 valence electrons. The molecule has 4 heterocycles. The van der Waals surface area contributed by atoms with E-state index in [2.05, 4.69) is 37.0 Å². The minimum atomic E-state index is -4.79. The van der Waals surface area contributed by atoms with Crippen molar-refractivity contribution in [1.82, 2.24) is 25.1 Å². The van der Waals surface area contributed by atoms with E-state index in [1.807, 2.05) is 14.1 Å². The molecule has 1 fully saturated rings. The van der Waals surface area contributed by atoms with Gasteiger partial charge >= 0.3 is 6.36 Å². The molecule has 0 bridgehead atoms. The van der Waals surface area contributed by atoms with Crippen LogP contribution in [0.15, 0.2) is 24.3 Å². The second kappa shape index (κ2) is 9.88. The lowest BCUT2D eigenvalue weighted by molar-refractivity contribution is -0.274. The van der Waals surface area contributed by atoms with Crippen LogP contribution >= 0.6 is 0 Å². The predicted molar refractivity (Wildman–Crippen MR) is 134 cm³/mol. The highest BCUT2D eigenvalue weighted by Crippen LogP contribution is 2.42. The number of likely N-dealkylation sites (N-methyl/N-ethyl adjacent to an activating group) is 1. The minimum Gasteiger partial charge on any atom is -0.486 e. The van der Waals surface area contributed by atoms with Crippen LogP contribution in [-0.2, 0) is 0 Å². The highest BCUT2D eigenvalue weighted by Gasteiger charge is 2.33. The van der Waals surface area contributed by atoms with E-state index >= 15 is 0 Å². The zero-order valence-corrected chi connectivity index (χ0v) is 21.3. The average molecular weight is 520 g/mol. The molecule has 12 heteroatoms. The molecule has 2 aromatic heterocycles. The third-order valence-electron chi connectivity index (χ3n) is 7.37. The van der Waals surface area contributed by atoms with Gasteiger partial charge in [0.1, 0.15) is 18.0 Å². The van der Waals surface area contributed by atoms with Gasteiger partial charge in [-0.3, -0.25) is 0 Å². The lowest BCUT2D eigenvalue weighted by atomic mass is 9.89. The summed E-state index contributed by atoms with van der Waals surface area (Å²) >= 11 is 0. The summed E-state index contributed by atoms with van der Waals surface area (Å²) in [6.45, 7) is 5.28. The highest BCUT2D eigenvalue weighted by atomic mass is 19.4. The Bertz CT molecular complexity index is 1260. The van der Waals surface area contributed by atoms with E-state index < -0.39 is 6.36 Å². The Hall–Kier alpha value is -3.28. The van der Waals surface area contributed by atoms with E-state index in [0.717, 1.165) is 38.0 Å². The molecule has 0 saturated carbocycles. The number of anilines is 2. The smallest absolute Gasteiger partial charge is 0.486 e. The summed E-state index contributed by atoms with van der Waals surface area (Å²) < 4.78 is 50.0. The van der Waals surface area contributed by atoms with Crippen LogP contribution in [0.5, 0.6) is 11.5 Å². The van der Waals surface area contributed by atoms with Crippen molar-refractivity contribution in [1.29, 1.82) is 0 Å². The Labute approximate surface area is 213 Å². The van der Waals surface area contributed by atoms with Crippen molar-refractivity contribution < 1.29 is 22.6 Å². The Kier molecular flexibility index (Phi) is 6.78. The summed E-state index contributed by atoms with van der Waals surface area (Å²) in [5.41, 5.74) is 1.86. The topological polar surface area (TPSA) is 80.1 Å². The van der Waals surface area contributed by atoms with Gasteiger partial charge in [0.2, 0.25) is 5.65 Å². The Morgan fingerprint density at radius 3 is 2.84 bits per heavy atom. The van der Waals surface area contributed by atoms with E-state index in [0.29, 0.717) is 41.8 Å². The van der Waals surface area contributed by atoms with Crippen molar-refractivity contribution in [2.45, 2.75) is 50.9 Å². The summed E-state index contributed by atoms with van der Waals surface area (Å²) in [7, 11) is 3.99. The first-order valence-electron chi connectivity index (χ1n) is 12.7. The maximum Gasteiger partial charge on any atom is 0.573 e. The number of hydrogen-bond donors (Lipinski definition) is 1. The molecule has 0 aliphatic carbocycles. The van der Waals surface area contributed by atoms with Crippen LogP contribution in [0.4, 0.5) is 24.7 Å². The number of nitrogens with zero attached hydrogens (tertiary/aromatic N) is 6. The van der Waals surface area contributed by atoms with Crippen LogP contribution in [0.25, 0.3) is 17.0 Å². The molecular weight excluding hydrogens is 487 g/mol.